The van der Waals surface area contributed by atoms with Crippen LogP contribution < -0.4 is 15.4 Å². The van der Waals surface area contributed by atoms with Gasteiger partial charge < -0.3 is 15.4 Å². The molecule has 0 aliphatic carbocycles. The summed E-state index contributed by atoms with van der Waals surface area (Å²) in [6, 6.07) is 16.1. The van der Waals surface area contributed by atoms with Gasteiger partial charge in [0.15, 0.2) is 0 Å². The zero-order valence-corrected chi connectivity index (χ0v) is 14.6. The Bertz CT molecular complexity index is 685. The molecule has 4 nitrogen and oxygen atoms in total. The standard InChI is InChI=1S/C19H22N2O2.ClH/c1-23-18-10-3-2-9-17(18)14-6-4-7-16(12-14)21-19(22)13-15-8-5-11-20-15;/h2-4,6-7,9-10,12,15,20H,5,8,11,13H2,1H3,(H,21,22);1H. The molecule has 0 bridgehead atoms. The molecular formula is C19H23ClN2O2. The van der Waals surface area contributed by atoms with E-state index in [0.717, 1.165) is 42.0 Å². The Kier molecular flexibility index (Phi) is 6.64. The van der Waals surface area contributed by atoms with E-state index >= 15 is 0 Å². The first-order valence-electron chi connectivity index (χ1n) is 8.03. The monoisotopic (exact) mass is 346 g/mol. The van der Waals surface area contributed by atoms with Crippen LogP contribution in [0.1, 0.15) is 19.3 Å². The molecule has 0 spiro atoms. The molecule has 1 amide bonds. The molecular weight excluding hydrogens is 324 g/mol. The van der Waals surface area contributed by atoms with Crippen LogP contribution in [0.5, 0.6) is 5.75 Å². The Morgan fingerprint density at radius 1 is 1.25 bits per heavy atom. The van der Waals surface area contributed by atoms with E-state index in [9.17, 15) is 4.79 Å². The molecule has 1 unspecified atom stereocenters. The molecule has 3 rings (SSSR count). The van der Waals surface area contributed by atoms with Crippen molar-refractivity contribution in [2.75, 3.05) is 19.0 Å². The van der Waals surface area contributed by atoms with Gasteiger partial charge >= 0.3 is 0 Å². The first kappa shape index (κ1) is 18.3. The van der Waals surface area contributed by atoms with Crippen LogP contribution >= 0.6 is 12.4 Å². The van der Waals surface area contributed by atoms with Gasteiger partial charge in [-0.1, -0.05) is 30.3 Å². The number of para-hydroxylation sites is 1. The number of ether oxygens (including phenoxy) is 1. The van der Waals surface area contributed by atoms with Crippen molar-refractivity contribution in [1.29, 1.82) is 0 Å². The number of benzene rings is 2. The lowest BCUT2D eigenvalue weighted by molar-refractivity contribution is -0.116. The van der Waals surface area contributed by atoms with E-state index in [1.165, 1.54) is 0 Å². The minimum absolute atomic E-state index is 0. The van der Waals surface area contributed by atoms with Gasteiger partial charge in [0, 0.05) is 23.7 Å². The van der Waals surface area contributed by atoms with E-state index < -0.39 is 0 Å². The fraction of sp³-hybridized carbons (Fsp3) is 0.316. The summed E-state index contributed by atoms with van der Waals surface area (Å²) in [6.07, 6.45) is 2.76. The minimum Gasteiger partial charge on any atom is -0.496 e. The molecule has 1 saturated heterocycles. The fourth-order valence-corrected chi connectivity index (χ4v) is 3.01. The quantitative estimate of drug-likeness (QED) is 0.864. The van der Waals surface area contributed by atoms with Gasteiger partial charge in [0.05, 0.1) is 7.11 Å². The molecule has 2 aromatic carbocycles. The molecule has 0 radical (unpaired) electrons. The van der Waals surface area contributed by atoms with Crippen molar-refractivity contribution in [3.63, 3.8) is 0 Å². The molecule has 24 heavy (non-hydrogen) atoms. The molecule has 1 atom stereocenters. The second-order valence-corrected chi connectivity index (χ2v) is 5.83. The fourth-order valence-electron chi connectivity index (χ4n) is 3.01. The van der Waals surface area contributed by atoms with Crippen molar-refractivity contribution in [2.24, 2.45) is 0 Å². The lowest BCUT2D eigenvalue weighted by atomic mass is 10.0. The Labute approximate surface area is 149 Å². The third kappa shape index (κ3) is 4.49. The SMILES string of the molecule is COc1ccccc1-c1cccc(NC(=O)CC2CCCN2)c1.Cl. The van der Waals surface area contributed by atoms with Gasteiger partial charge in [-0.3, -0.25) is 4.79 Å². The molecule has 2 N–H and O–H groups in total. The average Bonchev–Trinajstić information content (AvgIpc) is 3.07. The van der Waals surface area contributed by atoms with E-state index in [1.54, 1.807) is 7.11 Å². The summed E-state index contributed by atoms with van der Waals surface area (Å²) in [4.78, 5) is 12.2. The molecule has 5 heteroatoms. The third-order valence-corrected chi connectivity index (χ3v) is 4.16. The van der Waals surface area contributed by atoms with Crippen molar-refractivity contribution in [1.82, 2.24) is 5.32 Å². The topological polar surface area (TPSA) is 50.4 Å². The Morgan fingerprint density at radius 3 is 2.83 bits per heavy atom. The van der Waals surface area contributed by atoms with Gasteiger partial charge in [0.1, 0.15) is 5.75 Å². The van der Waals surface area contributed by atoms with Gasteiger partial charge in [0.25, 0.3) is 0 Å². The van der Waals surface area contributed by atoms with Gasteiger partial charge in [0.2, 0.25) is 5.91 Å². The van der Waals surface area contributed by atoms with Crippen molar-refractivity contribution in [3.05, 3.63) is 48.5 Å². The predicted octanol–water partition coefficient (Wildman–Crippen LogP) is 3.86. The number of anilines is 1. The first-order chi connectivity index (χ1) is 11.3. The molecule has 128 valence electrons. The number of nitrogens with one attached hydrogen (secondary N) is 2. The largest absolute Gasteiger partial charge is 0.496 e. The lowest BCUT2D eigenvalue weighted by Crippen LogP contribution is -2.27. The van der Waals surface area contributed by atoms with E-state index in [-0.39, 0.29) is 18.3 Å². The first-order valence-corrected chi connectivity index (χ1v) is 8.03. The predicted molar refractivity (Wildman–Crippen MR) is 99.9 cm³/mol. The van der Waals surface area contributed by atoms with Crippen LogP contribution in [0.2, 0.25) is 0 Å². The van der Waals surface area contributed by atoms with Crippen molar-refractivity contribution in [3.8, 4) is 16.9 Å². The number of carbonyl (C=O) groups excluding carboxylic acids is 1. The van der Waals surface area contributed by atoms with E-state index in [0.29, 0.717) is 12.5 Å². The zero-order chi connectivity index (χ0) is 16.1. The second-order valence-electron chi connectivity index (χ2n) is 5.83. The highest BCUT2D eigenvalue weighted by molar-refractivity contribution is 5.92. The maximum atomic E-state index is 12.2. The smallest absolute Gasteiger partial charge is 0.225 e. The van der Waals surface area contributed by atoms with Crippen LogP contribution in [0.4, 0.5) is 5.69 Å². The van der Waals surface area contributed by atoms with E-state index in [4.69, 9.17) is 4.74 Å². The maximum absolute atomic E-state index is 12.2. The van der Waals surface area contributed by atoms with Crippen LogP contribution in [-0.2, 0) is 4.79 Å². The molecule has 1 fully saturated rings. The summed E-state index contributed by atoms with van der Waals surface area (Å²) in [6.45, 7) is 1.02. The van der Waals surface area contributed by atoms with Crippen LogP contribution in [-0.4, -0.2) is 25.6 Å². The number of amides is 1. The third-order valence-electron chi connectivity index (χ3n) is 4.16. The normalized spacial score (nSPS) is 16.3. The molecule has 1 aliphatic rings. The lowest BCUT2D eigenvalue weighted by Gasteiger charge is -2.12. The summed E-state index contributed by atoms with van der Waals surface area (Å²) < 4.78 is 5.41. The number of halogens is 1. The van der Waals surface area contributed by atoms with Crippen LogP contribution in [0.3, 0.4) is 0 Å². The molecule has 1 heterocycles. The molecule has 1 aliphatic heterocycles. The van der Waals surface area contributed by atoms with Crippen LogP contribution in [0, 0.1) is 0 Å². The van der Waals surface area contributed by atoms with Crippen molar-refractivity contribution < 1.29 is 9.53 Å². The van der Waals surface area contributed by atoms with Gasteiger partial charge in [-0.2, -0.15) is 0 Å². The highest BCUT2D eigenvalue weighted by Crippen LogP contribution is 2.31. The summed E-state index contributed by atoms with van der Waals surface area (Å²) in [5.41, 5.74) is 2.86. The molecule has 0 aromatic heterocycles. The minimum atomic E-state index is 0. The van der Waals surface area contributed by atoms with Crippen LogP contribution in [0.15, 0.2) is 48.5 Å². The number of methoxy groups -OCH3 is 1. The van der Waals surface area contributed by atoms with Gasteiger partial charge in [-0.15, -0.1) is 12.4 Å². The number of hydrogen-bond acceptors (Lipinski definition) is 3. The summed E-state index contributed by atoms with van der Waals surface area (Å²) in [5.74, 6) is 0.882. The van der Waals surface area contributed by atoms with Gasteiger partial charge in [-0.25, -0.2) is 0 Å². The van der Waals surface area contributed by atoms with Crippen LogP contribution in [0.25, 0.3) is 11.1 Å². The number of rotatable bonds is 5. The summed E-state index contributed by atoms with van der Waals surface area (Å²) in [7, 11) is 1.67. The second kappa shape index (κ2) is 8.71. The Hall–Kier alpha value is -2.04. The average molecular weight is 347 g/mol. The molecule has 2 aromatic rings. The summed E-state index contributed by atoms with van der Waals surface area (Å²) >= 11 is 0. The number of carbonyl (C=O) groups is 1. The highest BCUT2D eigenvalue weighted by atomic mass is 35.5. The maximum Gasteiger partial charge on any atom is 0.225 e. The van der Waals surface area contributed by atoms with E-state index in [1.807, 2.05) is 48.5 Å². The van der Waals surface area contributed by atoms with Crippen molar-refractivity contribution in [2.45, 2.75) is 25.3 Å². The zero-order valence-electron chi connectivity index (χ0n) is 13.7. The van der Waals surface area contributed by atoms with E-state index in [2.05, 4.69) is 10.6 Å². The summed E-state index contributed by atoms with van der Waals surface area (Å²) in [5, 5.41) is 6.34. The van der Waals surface area contributed by atoms with Crippen molar-refractivity contribution >= 4 is 24.0 Å². The Morgan fingerprint density at radius 2 is 2.08 bits per heavy atom. The van der Waals surface area contributed by atoms with Gasteiger partial charge in [-0.05, 0) is 43.1 Å². The molecule has 0 saturated carbocycles. The Balaban J connectivity index is 0.00000208. The number of hydrogen-bond donors (Lipinski definition) is 2. The highest BCUT2D eigenvalue weighted by Gasteiger charge is 2.17.